The molecule has 35 heavy (non-hydrogen) atoms. The maximum Gasteiger partial charge on any atom is 0.256 e. The number of carbonyl (C=O) groups excluding carboxylic acids is 1. The van der Waals surface area contributed by atoms with Crippen molar-refractivity contribution in [2.75, 3.05) is 0 Å². The lowest BCUT2D eigenvalue weighted by atomic mass is 10.0. The van der Waals surface area contributed by atoms with Crippen LogP contribution in [-0.4, -0.2) is 15.2 Å². The predicted molar refractivity (Wildman–Crippen MR) is 157 cm³/mol. The van der Waals surface area contributed by atoms with Gasteiger partial charge in [0.25, 0.3) is 5.91 Å². The molecule has 3 nitrogen and oxygen atoms in total. The fourth-order valence-electron chi connectivity index (χ4n) is 5.04. The van der Waals surface area contributed by atoms with E-state index in [4.69, 9.17) is 5.21 Å². The Morgan fingerprint density at radius 3 is 0.857 bits per heavy atom. The Morgan fingerprint density at radius 2 is 0.657 bits per heavy atom. The number of hydrogen-bond acceptors (Lipinski definition) is 2. The third-order valence-corrected chi connectivity index (χ3v) is 7.85. The van der Waals surface area contributed by atoms with Gasteiger partial charge in [0.05, 0.1) is 16.1 Å². The van der Waals surface area contributed by atoms with E-state index in [0.717, 1.165) is 12.8 Å². The summed E-state index contributed by atoms with van der Waals surface area (Å²) in [7, 11) is 0. The maximum absolute atomic E-state index is 11.2. The van der Waals surface area contributed by atoms with Gasteiger partial charge in [-0.2, -0.15) is 4.09 Å². The van der Waals surface area contributed by atoms with Crippen LogP contribution in [0.1, 0.15) is 193 Å². The van der Waals surface area contributed by atoms with Crippen LogP contribution in [0.15, 0.2) is 0 Å². The van der Waals surface area contributed by atoms with Gasteiger partial charge >= 0.3 is 0 Å². The molecule has 4 heteroatoms. The topological polar surface area (TPSA) is 40.5 Å². The van der Waals surface area contributed by atoms with Gasteiger partial charge in [-0.15, -0.1) is 0 Å². The molecule has 0 bridgehead atoms. The average Bonchev–Trinajstić information content (AvgIpc) is 2.85. The Balaban J connectivity index is 3.05. The first-order valence-corrected chi connectivity index (χ1v) is 16.6. The van der Waals surface area contributed by atoms with Crippen molar-refractivity contribution >= 4 is 22.1 Å². The molecule has 0 aliphatic heterocycles. The van der Waals surface area contributed by atoms with Crippen LogP contribution >= 0.6 is 16.1 Å². The zero-order valence-electron chi connectivity index (χ0n) is 23.7. The number of unbranched alkanes of at least 4 members (excludes halogenated alkanes) is 27. The van der Waals surface area contributed by atoms with E-state index in [1.807, 2.05) is 0 Å². The molecule has 1 amide bonds. The molecule has 0 aromatic rings. The molecule has 210 valence electrons. The monoisotopic (exact) mass is 559 g/mol. The normalized spacial score (nSPS) is 11.3. The number of amides is 1. The van der Waals surface area contributed by atoms with Crippen molar-refractivity contribution in [1.82, 2.24) is 4.09 Å². The van der Waals surface area contributed by atoms with Crippen LogP contribution in [0.4, 0.5) is 0 Å². The van der Waals surface area contributed by atoms with Crippen molar-refractivity contribution in [3.05, 3.63) is 0 Å². The summed E-state index contributed by atoms with van der Waals surface area (Å²) < 4.78 is 0.522. The lowest BCUT2D eigenvalue weighted by Gasteiger charge is -2.05. The summed E-state index contributed by atoms with van der Waals surface area (Å²) in [6.45, 7) is 2.30. The van der Waals surface area contributed by atoms with E-state index in [-0.39, 0.29) is 5.91 Å². The second kappa shape index (κ2) is 30.1. The van der Waals surface area contributed by atoms with Gasteiger partial charge in [0, 0.05) is 6.42 Å². The molecule has 1 N–H and O–H groups in total. The third-order valence-electron chi connectivity index (χ3n) is 7.45. The van der Waals surface area contributed by atoms with Crippen molar-refractivity contribution in [2.24, 2.45) is 0 Å². The van der Waals surface area contributed by atoms with Crippen molar-refractivity contribution in [3.63, 3.8) is 0 Å². The summed E-state index contributed by atoms with van der Waals surface area (Å²) in [6.07, 6.45) is 39.5. The van der Waals surface area contributed by atoms with Gasteiger partial charge in [0.15, 0.2) is 0 Å². The summed E-state index contributed by atoms with van der Waals surface area (Å²) >= 11 is 2.75. The zero-order valence-corrected chi connectivity index (χ0v) is 25.3. The van der Waals surface area contributed by atoms with Crippen molar-refractivity contribution in [3.8, 4) is 0 Å². The average molecular weight is 561 g/mol. The predicted octanol–water partition coefficient (Wildman–Crippen LogP) is 11.8. The van der Waals surface area contributed by atoms with Gasteiger partial charge in [-0.05, 0) is 6.42 Å². The molecular weight excluding hydrogens is 498 g/mol. The lowest BCUT2D eigenvalue weighted by Crippen LogP contribution is -2.15. The molecule has 0 spiro atoms. The van der Waals surface area contributed by atoms with E-state index in [0.29, 0.717) is 10.5 Å². The maximum atomic E-state index is 11.2. The van der Waals surface area contributed by atoms with Crippen molar-refractivity contribution in [2.45, 2.75) is 193 Å². The Hall–Kier alpha value is -0.0900. The summed E-state index contributed by atoms with van der Waals surface area (Å²) in [5, 5.41) is 8.92. The van der Waals surface area contributed by atoms with E-state index in [2.05, 4.69) is 23.1 Å². The quantitative estimate of drug-likeness (QED) is 0.0428. The van der Waals surface area contributed by atoms with E-state index in [1.165, 1.54) is 167 Å². The SMILES string of the molecule is CCCCCCCCCCCCCCCCCCCCCCCCCCCCCCC(=O)N(O)Br. The summed E-state index contributed by atoms with van der Waals surface area (Å²) in [5.41, 5.74) is 0. The molecule has 0 fully saturated rings. The summed E-state index contributed by atoms with van der Waals surface area (Å²) in [5.74, 6) is -0.250. The van der Waals surface area contributed by atoms with Gasteiger partial charge in [-0.25, -0.2) is 0 Å². The molecule has 0 aromatic heterocycles. The second-order valence-electron chi connectivity index (χ2n) is 10.9. The molecule has 0 aliphatic rings. The standard InChI is InChI=1S/C31H62BrNO2/c1-2-3-4-5-6-7-8-9-10-11-12-13-14-15-16-17-18-19-20-21-22-23-24-25-26-27-28-29-30-31(34)33(32)35/h35H,2-30H2,1H3. The van der Waals surface area contributed by atoms with Crippen LogP contribution in [0.3, 0.4) is 0 Å². The number of carbonyl (C=O) groups is 1. The van der Waals surface area contributed by atoms with Crippen molar-refractivity contribution < 1.29 is 10.0 Å². The molecule has 0 aromatic carbocycles. The first kappa shape index (κ1) is 34.9. The van der Waals surface area contributed by atoms with Gasteiger partial charge in [-0.1, -0.05) is 180 Å². The number of nitrogens with zero attached hydrogens (tertiary/aromatic N) is 1. The Labute approximate surface area is 228 Å². The summed E-state index contributed by atoms with van der Waals surface area (Å²) in [4.78, 5) is 11.2. The third kappa shape index (κ3) is 30.0. The van der Waals surface area contributed by atoms with E-state index >= 15 is 0 Å². The minimum atomic E-state index is -0.250. The number of hydroxylamine groups is 1. The Morgan fingerprint density at radius 1 is 0.457 bits per heavy atom. The second-order valence-corrected chi connectivity index (χ2v) is 11.6. The molecular formula is C31H62BrNO2. The van der Waals surface area contributed by atoms with Gasteiger partial charge < -0.3 is 0 Å². The van der Waals surface area contributed by atoms with E-state index < -0.39 is 0 Å². The number of hydrogen-bond donors (Lipinski definition) is 1. The number of halogens is 1. The molecule has 0 atom stereocenters. The van der Waals surface area contributed by atoms with Gasteiger partial charge in [-0.3, -0.25) is 10.0 Å². The molecule has 0 aliphatic carbocycles. The fourth-order valence-corrected chi connectivity index (χ4v) is 5.22. The molecule has 0 heterocycles. The van der Waals surface area contributed by atoms with E-state index in [9.17, 15) is 4.79 Å². The van der Waals surface area contributed by atoms with E-state index in [1.54, 1.807) is 0 Å². The highest BCUT2D eigenvalue weighted by Gasteiger charge is 2.06. The molecule has 0 saturated heterocycles. The van der Waals surface area contributed by atoms with Crippen LogP contribution in [-0.2, 0) is 4.79 Å². The minimum Gasteiger partial charge on any atom is -0.275 e. The first-order valence-electron chi connectivity index (χ1n) is 15.9. The highest BCUT2D eigenvalue weighted by atomic mass is 79.9. The van der Waals surface area contributed by atoms with Crippen LogP contribution in [0.2, 0.25) is 0 Å². The molecule has 0 radical (unpaired) electrons. The lowest BCUT2D eigenvalue weighted by molar-refractivity contribution is -0.143. The zero-order chi connectivity index (χ0) is 25.7. The smallest absolute Gasteiger partial charge is 0.256 e. The highest BCUT2D eigenvalue weighted by molar-refractivity contribution is 9.07. The molecule has 0 rings (SSSR count). The van der Waals surface area contributed by atoms with Crippen LogP contribution in [0.5, 0.6) is 0 Å². The van der Waals surface area contributed by atoms with Crippen LogP contribution in [0.25, 0.3) is 0 Å². The first-order chi connectivity index (χ1) is 17.2. The minimum absolute atomic E-state index is 0.250. The fraction of sp³-hybridized carbons (Fsp3) is 0.968. The molecule has 0 saturated carbocycles. The van der Waals surface area contributed by atoms with Crippen molar-refractivity contribution in [1.29, 1.82) is 0 Å². The molecule has 0 unspecified atom stereocenters. The van der Waals surface area contributed by atoms with Crippen LogP contribution in [0, 0.1) is 0 Å². The van der Waals surface area contributed by atoms with Gasteiger partial charge in [0.2, 0.25) is 0 Å². The largest absolute Gasteiger partial charge is 0.275 e. The van der Waals surface area contributed by atoms with Gasteiger partial charge in [0.1, 0.15) is 0 Å². The van der Waals surface area contributed by atoms with Crippen LogP contribution < -0.4 is 0 Å². The summed E-state index contributed by atoms with van der Waals surface area (Å²) in [6, 6.07) is 0. The highest BCUT2D eigenvalue weighted by Crippen LogP contribution is 2.16. The number of rotatable bonds is 29. The Kier molecular flexibility index (Phi) is 30.1. The Bertz CT molecular complexity index is 417.